The highest BCUT2D eigenvalue weighted by Crippen LogP contribution is 2.31. The zero-order valence-electron chi connectivity index (χ0n) is 12.8. The Hall–Kier alpha value is -1.40. The first-order chi connectivity index (χ1) is 10.5. The van der Waals surface area contributed by atoms with E-state index in [0.717, 1.165) is 19.5 Å². The largest absolute Gasteiger partial charge is 0.345 e. The summed E-state index contributed by atoms with van der Waals surface area (Å²) in [4.78, 5) is 16.5. The van der Waals surface area contributed by atoms with Crippen molar-refractivity contribution < 1.29 is 13.2 Å². The van der Waals surface area contributed by atoms with Gasteiger partial charge in [-0.3, -0.25) is 4.79 Å². The molecule has 1 aromatic rings. The van der Waals surface area contributed by atoms with E-state index in [1.165, 1.54) is 0 Å². The normalized spacial score (nSPS) is 26.2. The highest BCUT2D eigenvalue weighted by molar-refractivity contribution is 7.91. The third kappa shape index (κ3) is 3.03. The Morgan fingerprint density at radius 1 is 1.18 bits per heavy atom. The van der Waals surface area contributed by atoms with Crippen molar-refractivity contribution in [3.63, 3.8) is 0 Å². The van der Waals surface area contributed by atoms with Crippen LogP contribution in [0.2, 0.25) is 0 Å². The number of nitrogens with zero attached hydrogens (tertiary/aromatic N) is 2. The van der Waals surface area contributed by atoms with Gasteiger partial charge in [-0.05, 0) is 24.5 Å². The number of fused-ring (bicyclic) bond motifs is 1. The second-order valence-corrected chi connectivity index (χ2v) is 8.42. The molecule has 0 spiro atoms. The van der Waals surface area contributed by atoms with Crippen molar-refractivity contribution in [1.82, 2.24) is 9.80 Å². The number of amides is 1. The van der Waals surface area contributed by atoms with Crippen LogP contribution >= 0.6 is 0 Å². The molecule has 0 unspecified atom stereocenters. The van der Waals surface area contributed by atoms with E-state index in [9.17, 15) is 13.2 Å². The topological polar surface area (TPSA) is 57.7 Å². The van der Waals surface area contributed by atoms with Crippen LogP contribution in [-0.4, -0.2) is 63.1 Å². The number of sulfone groups is 1. The number of carbonyl (C=O) groups is 1. The lowest BCUT2D eigenvalue weighted by atomic mass is 9.88. The summed E-state index contributed by atoms with van der Waals surface area (Å²) >= 11 is 0. The van der Waals surface area contributed by atoms with Gasteiger partial charge in [0.2, 0.25) is 5.91 Å². The van der Waals surface area contributed by atoms with Crippen molar-refractivity contribution in [3.8, 4) is 0 Å². The minimum Gasteiger partial charge on any atom is -0.345 e. The maximum atomic E-state index is 12.3. The fraction of sp³-hybridized carbons (Fsp3) is 0.562. The summed E-state index contributed by atoms with van der Waals surface area (Å²) in [6.45, 7) is 2.85. The summed E-state index contributed by atoms with van der Waals surface area (Å²) in [5, 5.41) is 0. The van der Waals surface area contributed by atoms with Gasteiger partial charge >= 0.3 is 0 Å². The molecule has 120 valence electrons. The molecule has 1 aromatic carbocycles. The number of hydrogen-bond donors (Lipinski definition) is 0. The summed E-state index contributed by atoms with van der Waals surface area (Å²) < 4.78 is 24.6. The first kappa shape index (κ1) is 15.5. The SMILES string of the molecule is CN1CC[C@@H]2CN(CCS(=O)(=O)c3ccccc3)C[C@@H]2C1=O. The molecule has 1 amide bonds. The maximum Gasteiger partial charge on any atom is 0.227 e. The monoisotopic (exact) mass is 322 g/mol. The van der Waals surface area contributed by atoms with Gasteiger partial charge in [0.25, 0.3) is 0 Å². The van der Waals surface area contributed by atoms with Crippen molar-refractivity contribution in [2.24, 2.45) is 11.8 Å². The molecule has 2 saturated heterocycles. The van der Waals surface area contributed by atoms with Gasteiger partial charge in [-0.15, -0.1) is 0 Å². The molecule has 3 rings (SSSR count). The fourth-order valence-corrected chi connectivity index (χ4v) is 4.77. The quantitative estimate of drug-likeness (QED) is 0.825. The summed E-state index contributed by atoms with van der Waals surface area (Å²) in [6, 6.07) is 8.57. The highest BCUT2D eigenvalue weighted by Gasteiger charge is 2.41. The lowest BCUT2D eigenvalue weighted by Crippen LogP contribution is -2.42. The van der Waals surface area contributed by atoms with Gasteiger partial charge in [0.15, 0.2) is 9.84 Å². The van der Waals surface area contributed by atoms with E-state index < -0.39 is 9.84 Å². The van der Waals surface area contributed by atoms with Gasteiger partial charge in [-0.1, -0.05) is 18.2 Å². The molecule has 5 nitrogen and oxygen atoms in total. The second-order valence-electron chi connectivity index (χ2n) is 6.31. The van der Waals surface area contributed by atoms with E-state index >= 15 is 0 Å². The predicted octanol–water partition coefficient (Wildman–Crippen LogP) is 0.870. The van der Waals surface area contributed by atoms with Crippen LogP contribution in [0.1, 0.15) is 6.42 Å². The van der Waals surface area contributed by atoms with Crippen molar-refractivity contribution >= 4 is 15.7 Å². The zero-order chi connectivity index (χ0) is 15.7. The van der Waals surface area contributed by atoms with Crippen molar-refractivity contribution in [1.29, 1.82) is 0 Å². The smallest absolute Gasteiger partial charge is 0.227 e. The Bertz CT molecular complexity index is 645. The standard InChI is InChI=1S/C16H22N2O3S/c1-17-8-7-13-11-18(12-15(13)16(17)19)9-10-22(20,21)14-5-3-2-4-6-14/h2-6,13,15H,7-12H2,1H3/t13-,15+/m1/s1. The van der Waals surface area contributed by atoms with Gasteiger partial charge in [-0.2, -0.15) is 0 Å². The third-order valence-electron chi connectivity index (χ3n) is 4.82. The first-order valence-electron chi connectivity index (χ1n) is 7.72. The summed E-state index contributed by atoms with van der Waals surface area (Å²) in [6.07, 6.45) is 1.02. The molecule has 2 fully saturated rings. The van der Waals surface area contributed by atoms with Crippen LogP contribution in [0.4, 0.5) is 0 Å². The average molecular weight is 322 g/mol. The van der Waals surface area contributed by atoms with Gasteiger partial charge in [0.05, 0.1) is 16.6 Å². The Kier molecular flexibility index (Phi) is 4.23. The lowest BCUT2D eigenvalue weighted by Gasteiger charge is -2.30. The number of piperidine rings is 1. The molecule has 0 saturated carbocycles. The van der Waals surface area contributed by atoms with Crippen LogP contribution < -0.4 is 0 Å². The molecular weight excluding hydrogens is 300 g/mol. The van der Waals surface area contributed by atoms with Gasteiger partial charge in [0.1, 0.15) is 0 Å². The van der Waals surface area contributed by atoms with Crippen LogP contribution in [0.15, 0.2) is 35.2 Å². The summed E-state index contributed by atoms with van der Waals surface area (Å²) in [5.74, 6) is 0.770. The summed E-state index contributed by atoms with van der Waals surface area (Å²) in [5.41, 5.74) is 0. The van der Waals surface area contributed by atoms with Crippen LogP contribution in [0.5, 0.6) is 0 Å². The lowest BCUT2D eigenvalue weighted by molar-refractivity contribution is -0.137. The molecular formula is C16H22N2O3S. The molecule has 2 atom stereocenters. The average Bonchev–Trinajstić information content (AvgIpc) is 2.94. The molecule has 2 aliphatic heterocycles. The van der Waals surface area contributed by atoms with Crippen molar-refractivity contribution in [3.05, 3.63) is 30.3 Å². The minimum absolute atomic E-state index is 0.0539. The molecule has 0 aliphatic carbocycles. The summed E-state index contributed by atoms with van der Waals surface area (Å²) in [7, 11) is -1.39. The van der Waals surface area contributed by atoms with E-state index in [4.69, 9.17) is 0 Å². The van der Waals surface area contributed by atoms with Gasteiger partial charge < -0.3 is 9.80 Å². The molecule has 0 radical (unpaired) electrons. The van der Waals surface area contributed by atoms with Gasteiger partial charge in [0, 0.05) is 33.2 Å². The van der Waals surface area contributed by atoms with Crippen LogP contribution in [0.3, 0.4) is 0 Å². The van der Waals surface area contributed by atoms with E-state index in [0.29, 0.717) is 23.9 Å². The minimum atomic E-state index is -3.24. The fourth-order valence-electron chi connectivity index (χ4n) is 3.46. The first-order valence-corrected chi connectivity index (χ1v) is 9.38. The Balaban J connectivity index is 1.60. The zero-order valence-corrected chi connectivity index (χ0v) is 13.6. The number of hydrogen-bond acceptors (Lipinski definition) is 4. The van der Waals surface area contributed by atoms with E-state index in [1.807, 2.05) is 13.1 Å². The Morgan fingerprint density at radius 3 is 2.64 bits per heavy atom. The number of carbonyl (C=O) groups excluding carboxylic acids is 1. The number of benzene rings is 1. The molecule has 0 bridgehead atoms. The predicted molar refractivity (Wildman–Crippen MR) is 84.2 cm³/mol. The Labute approximate surface area is 131 Å². The van der Waals surface area contributed by atoms with E-state index in [-0.39, 0.29) is 17.6 Å². The van der Waals surface area contributed by atoms with Crippen molar-refractivity contribution in [2.45, 2.75) is 11.3 Å². The van der Waals surface area contributed by atoms with Gasteiger partial charge in [-0.25, -0.2) is 8.42 Å². The molecule has 2 heterocycles. The molecule has 2 aliphatic rings. The highest BCUT2D eigenvalue weighted by atomic mass is 32.2. The van der Waals surface area contributed by atoms with Crippen LogP contribution in [-0.2, 0) is 14.6 Å². The number of rotatable bonds is 4. The van der Waals surface area contributed by atoms with Crippen LogP contribution in [0.25, 0.3) is 0 Å². The molecule has 6 heteroatoms. The van der Waals surface area contributed by atoms with E-state index in [1.54, 1.807) is 29.2 Å². The Morgan fingerprint density at radius 2 is 1.91 bits per heavy atom. The van der Waals surface area contributed by atoms with E-state index in [2.05, 4.69) is 4.90 Å². The second kappa shape index (κ2) is 6.01. The van der Waals surface area contributed by atoms with Crippen molar-refractivity contribution in [2.75, 3.05) is 39.0 Å². The number of likely N-dealkylation sites (tertiary alicyclic amines) is 2. The molecule has 22 heavy (non-hydrogen) atoms. The maximum absolute atomic E-state index is 12.3. The van der Waals surface area contributed by atoms with Crippen LogP contribution in [0, 0.1) is 11.8 Å². The molecule has 0 aromatic heterocycles. The molecule has 0 N–H and O–H groups in total. The third-order valence-corrected chi connectivity index (χ3v) is 6.53.